The fraction of sp³-hybridized carbons (Fsp3) is 0.250. The number of halogens is 1. The average Bonchev–Trinajstić information content (AvgIpc) is 2.16. The van der Waals surface area contributed by atoms with Crippen LogP contribution in [0.4, 0.5) is 0 Å². The van der Waals surface area contributed by atoms with Crippen molar-refractivity contribution in [3.8, 4) is 0 Å². The lowest BCUT2D eigenvalue weighted by Gasteiger charge is -2.28. The van der Waals surface area contributed by atoms with Gasteiger partial charge in [-0.25, -0.2) is 0 Å². The van der Waals surface area contributed by atoms with Crippen LogP contribution in [0.25, 0.3) is 10.9 Å². The predicted molar refractivity (Wildman–Crippen MR) is 64.6 cm³/mol. The second kappa shape index (κ2) is 4.17. The Morgan fingerprint density at radius 2 is 2.00 bits per heavy atom. The first kappa shape index (κ1) is 10.4. The van der Waals surface area contributed by atoms with Gasteiger partial charge in [-0.2, -0.15) is 0 Å². The summed E-state index contributed by atoms with van der Waals surface area (Å²) in [6, 6.07) is 10.6. The van der Waals surface area contributed by atoms with Gasteiger partial charge in [0, 0.05) is 30.6 Å². The van der Waals surface area contributed by atoms with E-state index in [1.807, 2.05) is 12.3 Å². The second-order valence-electron chi connectivity index (χ2n) is 3.77. The van der Waals surface area contributed by atoms with Crippen LogP contribution in [0.15, 0.2) is 36.5 Å². The molecule has 0 aliphatic carbocycles. The van der Waals surface area contributed by atoms with Crippen LogP contribution >= 0.6 is 12.4 Å². The topological polar surface area (TPSA) is 24.9 Å². The van der Waals surface area contributed by atoms with E-state index >= 15 is 0 Å². The number of fused-ring (bicyclic) bond motifs is 1. The van der Waals surface area contributed by atoms with Crippen molar-refractivity contribution in [2.45, 2.75) is 5.92 Å². The summed E-state index contributed by atoms with van der Waals surface area (Å²) < 4.78 is 0. The first-order valence-corrected chi connectivity index (χ1v) is 4.99. The maximum absolute atomic E-state index is 4.36. The van der Waals surface area contributed by atoms with E-state index in [-0.39, 0.29) is 12.4 Å². The van der Waals surface area contributed by atoms with Crippen LogP contribution in [0.2, 0.25) is 0 Å². The molecule has 0 spiro atoms. The van der Waals surface area contributed by atoms with Crippen LogP contribution in [-0.4, -0.2) is 18.1 Å². The van der Waals surface area contributed by atoms with Gasteiger partial charge < -0.3 is 5.32 Å². The van der Waals surface area contributed by atoms with E-state index in [2.05, 4.69) is 34.6 Å². The van der Waals surface area contributed by atoms with Crippen molar-refractivity contribution >= 4 is 23.3 Å². The summed E-state index contributed by atoms with van der Waals surface area (Å²) in [6.45, 7) is 2.21. The molecule has 1 aromatic heterocycles. The van der Waals surface area contributed by atoms with E-state index in [4.69, 9.17) is 0 Å². The van der Waals surface area contributed by atoms with E-state index in [0.717, 1.165) is 18.6 Å². The molecule has 1 aliphatic rings. The number of pyridine rings is 1. The minimum absolute atomic E-state index is 0. The third-order valence-electron chi connectivity index (χ3n) is 2.90. The summed E-state index contributed by atoms with van der Waals surface area (Å²) in [6.07, 6.45) is 1.85. The highest BCUT2D eigenvalue weighted by Crippen LogP contribution is 2.26. The molecule has 0 radical (unpaired) electrons. The summed E-state index contributed by atoms with van der Waals surface area (Å²) in [4.78, 5) is 4.36. The molecule has 2 aromatic rings. The number of hydrogen-bond acceptors (Lipinski definition) is 2. The van der Waals surface area contributed by atoms with Gasteiger partial charge in [0.2, 0.25) is 0 Å². The third kappa shape index (κ3) is 1.71. The average molecular weight is 221 g/mol. The van der Waals surface area contributed by atoms with E-state index in [1.165, 1.54) is 10.9 Å². The Bertz CT molecular complexity index is 461. The van der Waals surface area contributed by atoms with Crippen molar-refractivity contribution in [2.75, 3.05) is 13.1 Å². The molecule has 15 heavy (non-hydrogen) atoms. The number of benzene rings is 1. The molecule has 0 amide bonds. The Morgan fingerprint density at radius 1 is 1.13 bits per heavy atom. The van der Waals surface area contributed by atoms with Gasteiger partial charge in [0.1, 0.15) is 0 Å². The molecule has 78 valence electrons. The van der Waals surface area contributed by atoms with E-state index in [9.17, 15) is 0 Å². The maximum Gasteiger partial charge on any atom is 0.0704 e. The number of nitrogens with one attached hydrogen (secondary N) is 1. The summed E-state index contributed by atoms with van der Waals surface area (Å²) >= 11 is 0. The van der Waals surface area contributed by atoms with Crippen molar-refractivity contribution in [3.05, 3.63) is 42.1 Å². The fourth-order valence-corrected chi connectivity index (χ4v) is 1.99. The Kier molecular flexibility index (Phi) is 2.89. The van der Waals surface area contributed by atoms with E-state index in [1.54, 1.807) is 0 Å². The number of aromatic nitrogens is 1. The molecule has 1 fully saturated rings. The van der Waals surface area contributed by atoms with Crippen molar-refractivity contribution < 1.29 is 0 Å². The molecule has 2 heterocycles. The molecule has 3 rings (SSSR count). The van der Waals surface area contributed by atoms with E-state index < -0.39 is 0 Å². The smallest absolute Gasteiger partial charge is 0.0704 e. The Balaban J connectivity index is 0.000000853. The first-order chi connectivity index (χ1) is 6.95. The highest BCUT2D eigenvalue weighted by atomic mass is 35.5. The van der Waals surface area contributed by atoms with Gasteiger partial charge in [-0.15, -0.1) is 12.4 Å². The molecular formula is C12H13ClN2. The minimum Gasteiger partial charge on any atom is -0.315 e. The normalized spacial score (nSPS) is 15.7. The summed E-state index contributed by atoms with van der Waals surface area (Å²) in [7, 11) is 0. The lowest BCUT2D eigenvalue weighted by Crippen LogP contribution is -2.39. The molecule has 1 saturated heterocycles. The molecule has 1 N–H and O–H groups in total. The van der Waals surface area contributed by atoms with Crippen LogP contribution < -0.4 is 5.32 Å². The van der Waals surface area contributed by atoms with Crippen LogP contribution in [-0.2, 0) is 0 Å². The summed E-state index contributed by atoms with van der Waals surface area (Å²) in [5.41, 5.74) is 2.55. The predicted octanol–water partition coefficient (Wildman–Crippen LogP) is 2.34. The lowest BCUT2D eigenvalue weighted by atomic mass is 9.91. The summed E-state index contributed by atoms with van der Waals surface area (Å²) in [5.74, 6) is 0.683. The fourth-order valence-electron chi connectivity index (χ4n) is 1.99. The van der Waals surface area contributed by atoms with Crippen LogP contribution in [0.3, 0.4) is 0 Å². The van der Waals surface area contributed by atoms with Gasteiger partial charge in [-0.05, 0) is 17.7 Å². The number of nitrogens with zero attached hydrogens (tertiary/aromatic N) is 1. The van der Waals surface area contributed by atoms with Gasteiger partial charge >= 0.3 is 0 Å². The number of rotatable bonds is 1. The van der Waals surface area contributed by atoms with Crippen molar-refractivity contribution in [2.24, 2.45) is 0 Å². The molecule has 0 bridgehead atoms. The van der Waals surface area contributed by atoms with Crippen LogP contribution in [0, 0.1) is 0 Å². The Hall–Kier alpha value is -1.12. The molecule has 0 atom stereocenters. The second-order valence-corrected chi connectivity index (χ2v) is 3.77. The first-order valence-electron chi connectivity index (χ1n) is 4.99. The van der Waals surface area contributed by atoms with Gasteiger partial charge in [0.05, 0.1) is 5.52 Å². The quantitative estimate of drug-likeness (QED) is 0.798. The summed E-state index contributed by atoms with van der Waals surface area (Å²) in [5, 5.41) is 4.61. The van der Waals surface area contributed by atoms with Crippen LogP contribution in [0.5, 0.6) is 0 Å². The highest BCUT2D eigenvalue weighted by Gasteiger charge is 2.20. The van der Waals surface area contributed by atoms with Gasteiger partial charge in [0.25, 0.3) is 0 Å². The van der Waals surface area contributed by atoms with Crippen molar-refractivity contribution in [1.82, 2.24) is 10.3 Å². The Morgan fingerprint density at radius 3 is 2.73 bits per heavy atom. The molecular weight excluding hydrogens is 208 g/mol. The SMILES string of the molecule is Cl.c1cc(C2CNC2)c2cccnc2c1. The van der Waals surface area contributed by atoms with Gasteiger partial charge in [-0.1, -0.05) is 18.2 Å². The molecule has 1 aliphatic heterocycles. The maximum atomic E-state index is 4.36. The van der Waals surface area contributed by atoms with Crippen molar-refractivity contribution in [1.29, 1.82) is 0 Å². The Labute approximate surface area is 95.1 Å². The van der Waals surface area contributed by atoms with Crippen molar-refractivity contribution in [3.63, 3.8) is 0 Å². The van der Waals surface area contributed by atoms with E-state index in [0.29, 0.717) is 5.92 Å². The molecule has 3 heteroatoms. The molecule has 1 aromatic carbocycles. The monoisotopic (exact) mass is 220 g/mol. The van der Waals surface area contributed by atoms with Gasteiger partial charge in [0.15, 0.2) is 0 Å². The number of hydrogen-bond donors (Lipinski definition) is 1. The zero-order valence-electron chi connectivity index (χ0n) is 8.31. The zero-order valence-corrected chi connectivity index (χ0v) is 9.13. The molecule has 2 nitrogen and oxygen atoms in total. The largest absolute Gasteiger partial charge is 0.315 e. The minimum atomic E-state index is 0. The lowest BCUT2D eigenvalue weighted by molar-refractivity contribution is 0.451. The highest BCUT2D eigenvalue weighted by molar-refractivity contribution is 5.85. The third-order valence-corrected chi connectivity index (χ3v) is 2.90. The van der Waals surface area contributed by atoms with Gasteiger partial charge in [-0.3, -0.25) is 4.98 Å². The molecule has 0 saturated carbocycles. The molecule has 0 unspecified atom stereocenters. The standard InChI is InChI=1S/C12H12N2.ClH/c1-3-10(9-7-13-8-9)11-4-2-6-14-12(11)5-1;/h1-6,9,13H,7-8H2;1H. The zero-order chi connectivity index (χ0) is 9.38. The van der Waals surface area contributed by atoms with Crippen LogP contribution in [0.1, 0.15) is 11.5 Å².